The second-order valence-corrected chi connectivity index (χ2v) is 4.52. The van der Waals surface area contributed by atoms with E-state index in [0.717, 1.165) is 4.70 Å². The molecular formula is C13H7F2NS. The Morgan fingerprint density at radius 3 is 2.65 bits per heavy atom. The molecule has 0 bridgehead atoms. The summed E-state index contributed by atoms with van der Waals surface area (Å²) in [5, 5.41) is 0. The highest BCUT2D eigenvalue weighted by Crippen LogP contribution is 2.29. The molecule has 0 aliphatic rings. The maximum absolute atomic E-state index is 13.7. The van der Waals surface area contributed by atoms with Crippen molar-refractivity contribution >= 4 is 21.6 Å². The zero-order valence-corrected chi connectivity index (χ0v) is 9.47. The van der Waals surface area contributed by atoms with Crippen LogP contribution in [0.15, 0.2) is 41.9 Å². The number of thiazole rings is 1. The Morgan fingerprint density at radius 1 is 1.00 bits per heavy atom. The molecule has 3 rings (SSSR count). The van der Waals surface area contributed by atoms with Crippen molar-refractivity contribution in [2.45, 2.75) is 0 Å². The van der Waals surface area contributed by atoms with Gasteiger partial charge in [-0.1, -0.05) is 18.2 Å². The molecule has 0 atom stereocenters. The van der Waals surface area contributed by atoms with E-state index < -0.39 is 5.82 Å². The van der Waals surface area contributed by atoms with Gasteiger partial charge < -0.3 is 0 Å². The predicted octanol–water partition coefficient (Wildman–Crippen LogP) is 4.24. The van der Waals surface area contributed by atoms with Crippen LogP contribution < -0.4 is 0 Å². The first-order valence-electron chi connectivity index (χ1n) is 5.03. The number of nitrogens with zero attached hydrogens (tertiary/aromatic N) is 1. The van der Waals surface area contributed by atoms with E-state index in [1.54, 1.807) is 29.8 Å². The Hall–Kier alpha value is -1.81. The van der Waals surface area contributed by atoms with Gasteiger partial charge in [0, 0.05) is 5.56 Å². The van der Waals surface area contributed by atoms with E-state index in [9.17, 15) is 8.78 Å². The average molecular weight is 247 g/mol. The maximum atomic E-state index is 13.7. The van der Waals surface area contributed by atoms with Gasteiger partial charge in [0.25, 0.3) is 0 Å². The summed E-state index contributed by atoms with van der Waals surface area (Å²) in [6, 6.07) is 9.42. The first-order chi connectivity index (χ1) is 8.25. The summed E-state index contributed by atoms with van der Waals surface area (Å²) < 4.78 is 28.0. The van der Waals surface area contributed by atoms with Gasteiger partial charge in [-0.25, -0.2) is 13.8 Å². The highest BCUT2D eigenvalue weighted by Gasteiger charge is 2.10. The van der Waals surface area contributed by atoms with Crippen molar-refractivity contribution in [1.82, 2.24) is 4.98 Å². The van der Waals surface area contributed by atoms with Gasteiger partial charge in [0.1, 0.15) is 11.3 Å². The second kappa shape index (κ2) is 3.89. The molecule has 1 aromatic heterocycles. The number of fused-ring (bicyclic) bond motifs is 1. The highest BCUT2D eigenvalue weighted by atomic mass is 32.1. The van der Waals surface area contributed by atoms with Crippen LogP contribution in [0.5, 0.6) is 0 Å². The fraction of sp³-hybridized carbons (Fsp3) is 0. The third-order valence-corrected chi connectivity index (χ3v) is 3.35. The molecule has 2 aromatic carbocycles. The summed E-state index contributed by atoms with van der Waals surface area (Å²) >= 11 is 1.34. The van der Waals surface area contributed by atoms with E-state index >= 15 is 0 Å². The summed E-state index contributed by atoms with van der Waals surface area (Å²) in [7, 11) is 0. The minimum Gasteiger partial charge on any atom is -0.242 e. The first kappa shape index (κ1) is 10.4. The van der Waals surface area contributed by atoms with Crippen LogP contribution in [0.1, 0.15) is 0 Å². The fourth-order valence-corrected chi connectivity index (χ4v) is 2.50. The van der Waals surface area contributed by atoms with E-state index in [1.165, 1.54) is 23.5 Å². The lowest BCUT2D eigenvalue weighted by atomic mass is 10.0. The summed E-state index contributed by atoms with van der Waals surface area (Å²) in [5.41, 5.74) is 2.87. The molecule has 0 amide bonds. The zero-order chi connectivity index (χ0) is 11.8. The molecule has 0 unspecified atom stereocenters. The van der Waals surface area contributed by atoms with Crippen LogP contribution in [0.3, 0.4) is 0 Å². The quantitative estimate of drug-likeness (QED) is 0.626. The molecule has 0 aliphatic carbocycles. The third-order valence-electron chi connectivity index (χ3n) is 2.57. The molecule has 0 N–H and O–H groups in total. The molecule has 84 valence electrons. The molecule has 1 heterocycles. The van der Waals surface area contributed by atoms with Gasteiger partial charge in [0.2, 0.25) is 0 Å². The largest absolute Gasteiger partial charge is 0.242 e. The molecule has 17 heavy (non-hydrogen) atoms. The van der Waals surface area contributed by atoms with Crippen molar-refractivity contribution in [3.63, 3.8) is 0 Å². The van der Waals surface area contributed by atoms with Crippen LogP contribution in [0, 0.1) is 11.6 Å². The molecule has 0 fully saturated rings. The maximum Gasteiger partial charge on any atom is 0.150 e. The number of benzene rings is 2. The van der Waals surface area contributed by atoms with E-state index in [-0.39, 0.29) is 5.82 Å². The molecular weight excluding hydrogens is 240 g/mol. The number of halogens is 2. The van der Waals surface area contributed by atoms with Crippen LogP contribution in [0.4, 0.5) is 8.78 Å². The summed E-state index contributed by atoms with van der Waals surface area (Å²) in [4.78, 5) is 3.93. The van der Waals surface area contributed by atoms with Crippen LogP contribution in [-0.4, -0.2) is 4.98 Å². The third kappa shape index (κ3) is 1.70. The summed E-state index contributed by atoms with van der Waals surface area (Å²) in [6.07, 6.45) is 0. The topological polar surface area (TPSA) is 12.9 Å². The Balaban J connectivity index is 2.28. The lowest BCUT2D eigenvalue weighted by Gasteiger charge is -2.03. The van der Waals surface area contributed by atoms with Crippen molar-refractivity contribution in [3.05, 3.63) is 53.5 Å². The van der Waals surface area contributed by atoms with Gasteiger partial charge in [0.05, 0.1) is 10.2 Å². The van der Waals surface area contributed by atoms with Crippen LogP contribution in [0.25, 0.3) is 21.3 Å². The molecule has 0 radical (unpaired) electrons. The fourth-order valence-electron chi connectivity index (χ4n) is 1.78. The summed E-state index contributed by atoms with van der Waals surface area (Å²) in [5.74, 6) is -0.766. The standard InChI is InChI=1S/C13H7F2NS/c14-10-4-2-1-3-9(10)8-5-11(15)13-12(6-8)17-7-16-13/h1-7H. The Morgan fingerprint density at radius 2 is 1.82 bits per heavy atom. The van der Waals surface area contributed by atoms with E-state index in [0.29, 0.717) is 16.6 Å². The number of aromatic nitrogens is 1. The molecule has 0 spiro atoms. The zero-order valence-electron chi connectivity index (χ0n) is 8.65. The Bertz CT molecular complexity index is 691. The lowest BCUT2D eigenvalue weighted by molar-refractivity contribution is 0.629. The molecule has 4 heteroatoms. The molecule has 0 saturated carbocycles. The van der Waals surface area contributed by atoms with Gasteiger partial charge in [-0.2, -0.15) is 0 Å². The number of hydrogen-bond donors (Lipinski definition) is 0. The minimum atomic E-state index is -0.415. The average Bonchev–Trinajstić information content (AvgIpc) is 2.78. The van der Waals surface area contributed by atoms with Gasteiger partial charge >= 0.3 is 0 Å². The first-order valence-corrected chi connectivity index (χ1v) is 5.91. The van der Waals surface area contributed by atoms with Gasteiger partial charge in [-0.15, -0.1) is 11.3 Å². The predicted molar refractivity (Wildman–Crippen MR) is 65.0 cm³/mol. The van der Waals surface area contributed by atoms with Crippen molar-refractivity contribution in [2.24, 2.45) is 0 Å². The van der Waals surface area contributed by atoms with Crippen LogP contribution in [0.2, 0.25) is 0 Å². The van der Waals surface area contributed by atoms with Gasteiger partial charge in [0.15, 0.2) is 5.82 Å². The molecule has 1 nitrogen and oxygen atoms in total. The van der Waals surface area contributed by atoms with Gasteiger partial charge in [-0.3, -0.25) is 0 Å². The minimum absolute atomic E-state index is 0.343. The monoisotopic (exact) mass is 247 g/mol. The Kier molecular flexibility index (Phi) is 2.37. The smallest absolute Gasteiger partial charge is 0.150 e. The molecule has 0 saturated heterocycles. The van der Waals surface area contributed by atoms with Crippen LogP contribution in [-0.2, 0) is 0 Å². The SMILES string of the molecule is Fc1ccccc1-c1cc(F)c2ncsc2c1. The van der Waals surface area contributed by atoms with Crippen molar-refractivity contribution in [1.29, 1.82) is 0 Å². The molecule has 0 aliphatic heterocycles. The Labute approximate surface area is 100 Å². The molecule has 3 aromatic rings. The van der Waals surface area contributed by atoms with Crippen molar-refractivity contribution < 1.29 is 8.78 Å². The van der Waals surface area contributed by atoms with Crippen molar-refractivity contribution in [3.8, 4) is 11.1 Å². The van der Waals surface area contributed by atoms with Gasteiger partial charge in [-0.05, 0) is 23.8 Å². The van der Waals surface area contributed by atoms with E-state index in [1.807, 2.05) is 0 Å². The summed E-state index contributed by atoms with van der Waals surface area (Å²) in [6.45, 7) is 0. The normalized spacial score (nSPS) is 10.9. The lowest BCUT2D eigenvalue weighted by Crippen LogP contribution is -1.86. The van der Waals surface area contributed by atoms with Crippen LogP contribution >= 0.6 is 11.3 Å². The number of hydrogen-bond acceptors (Lipinski definition) is 2. The van der Waals surface area contributed by atoms with Crippen molar-refractivity contribution in [2.75, 3.05) is 0 Å². The van der Waals surface area contributed by atoms with E-state index in [2.05, 4.69) is 4.98 Å². The van der Waals surface area contributed by atoms with E-state index in [4.69, 9.17) is 0 Å². The highest BCUT2D eigenvalue weighted by molar-refractivity contribution is 7.16. The number of rotatable bonds is 1. The second-order valence-electron chi connectivity index (χ2n) is 3.64.